The zero-order chi connectivity index (χ0) is 14.2. The predicted octanol–water partition coefficient (Wildman–Crippen LogP) is 0.478. The van der Waals surface area contributed by atoms with Crippen molar-refractivity contribution in [1.82, 2.24) is 10.4 Å². The van der Waals surface area contributed by atoms with Crippen molar-refractivity contribution in [2.45, 2.75) is 0 Å². The Morgan fingerprint density at radius 3 is 2.50 bits per heavy atom. The van der Waals surface area contributed by atoms with E-state index in [0.717, 1.165) is 18.4 Å². The minimum atomic E-state index is -2.44. The second-order valence-electron chi connectivity index (χ2n) is 5.08. The van der Waals surface area contributed by atoms with E-state index in [0.29, 0.717) is 42.7 Å². The maximum atomic E-state index is 13.2. The van der Waals surface area contributed by atoms with Gasteiger partial charge in [0.1, 0.15) is 20.4 Å². The standard InChI is InChI=1S/C13H20N3O3P/c1-15-16-4-8-20(17,9-5-16)11-3-2-10(14)12-13(11)19-7-6-18-12/h2-3,15H,4-9,14H2,1H3. The fourth-order valence-corrected chi connectivity index (χ4v) is 5.43. The molecule has 1 aromatic carbocycles. The fourth-order valence-electron chi connectivity index (χ4n) is 2.72. The number of nitrogens with one attached hydrogen (secondary N) is 1. The molecule has 2 aliphatic rings. The molecule has 0 aliphatic carbocycles. The summed E-state index contributed by atoms with van der Waals surface area (Å²) < 4.78 is 24.5. The zero-order valence-electron chi connectivity index (χ0n) is 11.6. The average molecular weight is 297 g/mol. The number of rotatable bonds is 2. The van der Waals surface area contributed by atoms with Crippen LogP contribution in [-0.4, -0.2) is 50.7 Å². The summed E-state index contributed by atoms with van der Waals surface area (Å²) in [6.45, 7) is 2.51. The molecule has 1 fully saturated rings. The molecule has 20 heavy (non-hydrogen) atoms. The van der Waals surface area contributed by atoms with Crippen molar-refractivity contribution in [3.63, 3.8) is 0 Å². The first-order valence-electron chi connectivity index (χ1n) is 6.83. The van der Waals surface area contributed by atoms with Crippen molar-refractivity contribution in [3.8, 4) is 11.5 Å². The first-order chi connectivity index (χ1) is 9.64. The number of benzene rings is 1. The van der Waals surface area contributed by atoms with Gasteiger partial charge in [0.25, 0.3) is 0 Å². The monoisotopic (exact) mass is 297 g/mol. The van der Waals surface area contributed by atoms with Crippen LogP contribution in [0.25, 0.3) is 0 Å². The highest BCUT2D eigenvalue weighted by Gasteiger charge is 2.35. The van der Waals surface area contributed by atoms with Gasteiger partial charge in [0, 0.05) is 25.4 Å². The Bertz CT molecular complexity index is 552. The second kappa shape index (κ2) is 5.28. The molecule has 3 rings (SSSR count). The molecule has 0 bridgehead atoms. The maximum Gasteiger partial charge on any atom is 0.185 e. The molecule has 110 valence electrons. The van der Waals surface area contributed by atoms with Gasteiger partial charge in [-0.2, -0.15) is 0 Å². The Kier molecular flexibility index (Phi) is 3.63. The minimum absolute atomic E-state index is 0.478. The largest absolute Gasteiger partial charge is 0.485 e. The Morgan fingerprint density at radius 2 is 1.85 bits per heavy atom. The molecule has 0 radical (unpaired) electrons. The molecule has 0 unspecified atom stereocenters. The van der Waals surface area contributed by atoms with Gasteiger partial charge in [-0.05, 0) is 19.2 Å². The lowest BCUT2D eigenvalue weighted by Crippen LogP contribution is -2.44. The SMILES string of the molecule is CNN1CCP(=O)(c2ccc(N)c3c2OCCO3)CC1. The van der Waals surface area contributed by atoms with Gasteiger partial charge in [0.05, 0.1) is 11.0 Å². The maximum absolute atomic E-state index is 13.2. The molecule has 3 N–H and O–H groups in total. The summed E-state index contributed by atoms with van der Waals surface area (Å²) in [6.07, 6.45) is 1.29. The molecule has 1 aromatic rings. The normalized spacial score (nSPS) is 21.6. The van der Waals surface area contributed by atoms with Crippen LogP contribution >= 0.6 is 7.14 Å². The molecule has 7 heteroatoms. The van der Waals surface area contributed by atoms with Gasteiger partial charge in [-0.3, -0.25) is 5.43 Å². The number of hydrazine groups is 1. The number of hydrogen-bond acceptors (Lipinski definition) is 6. The van der Waals surface area contributed by atoms with E-state index in [1.54, 1.807) is 6.07 Å². The number of hydrogen-bond donors (Lipinski definition) is 2. The minimum Gasteiger partial charge on any atom is -0.485 e. The van der Waals surface area contributed by atoms with Crippen LogP contribution in [0.5, 0.6) is 11.5 Å². The second-order valence-corrected chi connectivity index (χ2v) is 8.23. The fraction of sp³-hybridized carbons (Fsp3) is 0.538. The Morgan fingerprint density at radius 1 is 1.20 bits per heavy atom. The molecule has 0 aromatic heterocycles. The Balaban J connectivity index is 1.96. The summed E-state index contributed by atoms with van der Waals surface area (Å²) >= 11 is 0. The highest BCUT2D eigenvalue weighted by molar-refractivity contribution is 7.71. The summed E-state index contributed by atoms with van der Waals surface area (Å²) in [5.41, 5.74) is 9.56. The van der Waals surface area contributed by atoms with Crippen LogP contribution in [0.3, 0.4) is 0 Å². The van der Waals surface area contributed by atoms with E-state index in [2.05, 4.69) is 10.4 Å². The van der Waals surface area contributed by atoms with Crippen LogP contribution in [0.15, 0.2) is 12.1 Å². The van der Waals surface area contributed by atoms with E-state index >= 15 is 0 Å². The Labute approximate surface area is 118 Å². The third kappa shape index (κ3) is 2.28. The van der Waals surface area contributed by atoms with Gasteiger partial charge in [-0.25, -0.2) is 5.01 Å². The van der Waals surface area contributed by atoms with Gasteiger partial charge in [-0.1, -0.05) is 0 Å². The Hall–Kier alpha value is -1.23. The molecule has 0 spiro atoms. The average Bonchev–Trinajstić information content (AvgIpc) is 2.48. The van der Waals surface area contributed by atoms with Crippen LogP contribution < -0.4 is 25.9 Å². The van der Waals surface area contributed by atoms with Crippen molar-refractivity contribution >= 4 is 18.1 Å². The molecular formula is C13H20N3O3P. The molecule has 0 atom stereocenters. The summed E-state index contributed by atoms with van der Waals surface area (Å²) in [5, 5.41) is 2.87. The van der Waals surface area contributed by atoms with E-state index in [1.165, 1.54) is 0 Å². The smallest absolute Gasteiger partial charge is 0.185 e. The highest BCUT2D eigenvalue weighted by atomic mass is 31.2. The lowest BCUT2D eigenvalue weighted by atomic mass is 10.2. The van der Waals surface area contributed by atoms with E-state index in [1.807, 2.05) is 13.1 Å². The van der Waals surface area contributed by atoms with Crippen molar-refractivity contribution in [2.75, 3.05) is 51.4 Å². The summed E-state index contributed by atoms with van der Waals surface area (Å²) in [4.78, 5) is 0. The topological polar surface area (TPSA) is 76.8 Å². The first kappa shape index (κ1) is 13.7. The molecule has 0 amide bonds. The van der Waals surface area contributed by atoms with Gasteiger partial charge in [0.15, 0.2) is 11.5 Å². The zero-order valence-corrected chi connectivity index (χ0v) is 12.5. The highest BCUT2D eigenvalue weighted by Crippen LogP contribution is 2.51. The van der Waals surface area contributed by atoms with E-state index in [9.17, 15) is 4.57 Å². The predicted molar refractivity (Wildman–Crippen MR) is 79.5 cm³/mol. The van der Waals surface area contributed by atoms with Crippen LogP contribution in [0, 0.1) is 0 Å². The quantitative estimate of drug-likeness (QED) is 0.611. The summed E-state index contributed by atoms with van der Waals surface area (Å²) in [6, 6.07) is 3.62. The van der Waals surface area contributed by atoms with Crippen molar-refractivity contribution < 1.29 is 14.0 Å². The third-order valence-corrected chi connectivity index (χ3v) is 6.99. The van der Waals surface area contributed by atoms with Crippen molar-refractivity contribution in [2.24, 2.45) is 0 Å². The molecule has 6 nitrogen and oxygen atoms in total. The third-order valence-electron chi connectivity index (χ3n) is 3.92. The molecule has 2 aliphatic heterocycles. The molecule has 0 saturated carbocycles. The number of anilines is 1. The van der Waals surface area contributed by atoms with E-state index in [-0.39, 0.29) is 0 Å². The van der Waals surface area contributed by atoms with Gasteiger partial charge in [0.2, 0.25) is 0 Å². The first-order valence-corrected chi connectivity index (χ1v) is 8.91. The van der Waals surface area contributed by atoms with E-state index < -0.39 is 7.14 Å². The van der Waals surface area contributed by atoms with Gasteiger partial charge >= 0.3 is 0 Å². The molecular weight excluding hydrogens is 277 g/mol. The number of nitrogens with zero attached hydrogens (tertiary/aromatic N) is 1. The van der Waals surface area contributed by atoms with Crippen molar-refractivity contribution in [3.05, 3.63) is 12.1 Å². The van der Waals surface area contributed by atoms with Gasteiger partial charge < -0.3 is 19.8 Å². The van der Waals surface area contributed by atoms with Crippen LogP contribution in [0.1, 0.15) is 0 Å². The lowest BCUT2D eigenvalue weighted by molar-refractivity contribution is 0.174. The number of ether oxygens (including phenoxy) is 2. The molecule has 1 saturated heterocycles. The summed E-state index contributed by atoms with van der Waals surface area (Å²) in [7, 11) is -0.552. The van der Waals surface area contributed by atoms with Crippen LogP contribution in [-0.2, 0) is 4.57 Å². The van der Waals surface area contributed by atoms with Crippen LogP contribution in [0.2, 0.25) is 0 Å². The molecule has 2 heterocycles. The number of nitrogens with two attached hydrogens (primary N) is 1. The number of nitrogen functional groups attached to an aromatic ring is 1. The van der Waals surface area contributed by atoms with Crippen molar-refractivity contribution in [1.29, 1.82) is 0 Å². The number of fused-ring (bicyclic) bond motifs is 1. The van der Waals surface area contributed by atoms with Crippen LogP contribution in [0.4, 0.5) is 5.69 Å². The summed E-state index contributed by atoms with van der Waals surface area (Å²) in [5.74, 6) is 1.15. The lowest BCUT2D eigenvalue weighted by Gasteiger charge is -2.33. The van der Waals surface area contributed by atoms with E-state index in [4.69, 9.17) is 15.2 Å². The van der Waals surface area contributed by atoms with Gasteiger partial charge in [-0.15, -0.1) is 0 Å².